The van der Waals surface area contributed by atoms with Gasteiger partial charge in [-0.05, 0) is 36.2 Å². The standard InChI is InChI=1S/C7H13N5/c8-5-1-2-7-9-10-11-12(7)6-3-4-6/h6H,1-5,8H2. The molecule has 0 unspecified atom stereocenters. The fourth-order valence-corrected chi connectivity index (χ4v) is 1.24. The molecule has 1 aliphatic carbocycles. The summed E-state index contributed by atoms with van der Waals surface area (Å²) in [7, 11) is 0. The molecule has 2 N–H and O–H groups in total. The van der Waals surface area contributed by atoms with E-state index in [2.05, 4.69) is 15.5 Å². The lowest BCUT2D eigenvalue weighted by atomic mass is 10.3. The predicted octanol–water partition coefficient (Wildman–Crippen LogP) is -0.101. The van der Waals surface area contributed by atoms with Crippen LogP contribution in [0, 0.1) is 0 Å². The van der Waals surface area contributed by atoms with Gasteiger partial charge in [-0.15, -0.1) is 5.10 Å². The number of nitrogens with zero attached hydrogens (tertiary/aromatic N) is 4. The normalized spacial score (nSPS) is 16.8. The quantitative estimate of drug-likeness (QED) is 0.679. The maximum Gasteiger partial charge on any atom is 0.151 e. The maximum atomic E-state index is 5.41. The number of aromatic nitrogens is 4. The molecule has 1 aliphatic rings. The summed E-state index contributed by atoms with van der Waals surface area (Å²) in [5.41, 5.74) is 5.41. The molecular weight excluding hydrogens is 154 g/mol. The second-order valence-electron chi connectivity index (χ2n) is 3.16. The van der Waals surface area contributed by atoms with E-state index in [0.717, 1.165) is 18.7 Å². The van der Waals surface area contributed by atoms with Gasteiger partial charge < -0.3 is 5.73 Å². The van der Waals surface area contributed by atoms with Gasteiger partial charge in [0.15, 0.2) is 5.82 Å². The highest BCUT2D eigenvalue weighted by Crippen LogP contribution is 2.34. The summed E-state index contributed by atoms with van der Waals surface area (Å²) in [5, 5.41) is 11.6. The SMILES string of the molecule is NCCCc1nnnn1C1CC1. The minimum absolute atomic E-state index is 0.577. The van der Waals surface area contributed by atoms with Crippen molar-refractivity contribution >= 4 is 0 Å². The van der Waals surface area contributed by atoms with Crippen molar-refractivity contribution in [3.63, 3.8) is 0 Å². The van der Waals surface area contributed by atoms with Crippen LogP contribution in [0.3, 0.4) is 0 Å². The second kappa shape index (κ2) is 3.18. The van der Waals surface area contributed by atoms with Crippen LogP contribution in [0.5, 0.6) is 0 Å². The van der Waals surface area contributed by atoms with E-state index in [4.69, 9.17) is 5.73 Å². The van der Waals surface area contributed by atoms with E-state index in [1.165, 1.54) is 12.8 Å². The summed E-state index contributed by atoms with van der Waals surface area (Å²) in [6.45, 7) is 0.706. The number of aryl methyl sites for hydroxylation is 1. The Balaban J connectivity index is 2.03. The van der Waals surface area contributed by atoms with Crippen LogP contribution in [0.25, 0.3) is 0 Å². The van der Waals surface area contributed by atoms with Crippen LogP contribution >= 0.6 is 0 Å². The maximum absolute atomic E-state index is 5.41. The molecule has 0 aromatic carbocycles. The van der Waals surface area contributed by atoms with Gasteiger partial charge in [-0.3, -0.25) is 0 Å². The molecule has 12 heavy (non-hydrogen) atoms. The lowest BCUT2D eigenvalue weighted by Crippen LogP contribution is -2.07. The minimum Gasteiger partial charge on any atom is -0.330 e. The van der Waals surface area contributed by atoms with Crippen LogP contribution in [0.2, 0.25) is 0 Å². The van der Waals surface area contributed by atoms with Crippen molar-refractivity contribution < 1.29 is 0 Å². The Bertz CT molecular complexity index is 252. The highest BCUT2D eigenvalue weighted by atomic mass is 15.6. The Kier molecular flexibility index (Phi) is 2.03. The van der Waals surface area contributed by atoms with Gasteiger partial charge in [0.05, 0.1) is 6.04 Å². The molecule has 5 heteroatoms. The fourth-order valence-electron chi connectivity index (χ4n) is 1.24. The number of hydrogen-bond acceptors (Lipinski definition) is 4. The van der Waals surface area contributed by atoms with Crippen LogP contribution in [-0.4, -0.2) is 26.8 Å². The molecule has 0 spiro atoms. The van der Waals surface area contributed by atoms with Gasteiger partial charge in [-0.1, -0.05) is 0 Å². The Morgan fingerprint density at radius 1 is 1.50 bits per heavy atom. The molecule has 1 heterocycles. The van der Waals surface area contributed by atoms with E-state index >= 15 is 0 Å². The van der Waals surface area contributed by atoms with Crippen LogP contribution in [0.15, 0.2) is 0 Å². The van der Waals surface area contributed by atoms with Gasteiger partial charge in [0.25, 0.3) is 0 Å². The van der Waals surface area contributed by atoms with Crippen molar-refractivity contribution in [2.24, 2.45) is 5.73 Å². The molecule has 0 radical (unpaired) electrons. The topological polar surface area (TPSA) is 69.6 Å². The summed E-state index contributed by atoms with van der Waals surface area (Å²) in [5.74, 6) is 0.989. The molecule has 0 amide bonds. The summed E-state index contributed by atoms with van der Waals surface area (Å²) in [6, 6.07) is 0.577. The average molecular weight is 167 g/mol. The molecule has 1 fully saturated rings. The van der Waals surface area contributed by atoms with Gasteiger partial charge in [0.2, 0.25) is 0 Å². The Hall–Kier alpha value is -0.970. The average Bonchev–Trinajstić information content (AvgIpc) is 2.83. The molecule has 0 bridgehead atoms. The van der Waals surface area contributed by atoms with Gasteiger partial charge in [0.1, 0.15) is 0 Å². The monoisotopic (exact) mass is 167 g/mol. The minimum atomic E-state index is 0.577. The number of tetrazole rings is 1. The van der Waals surface area contributed by atoms with Crippen molar-refractivity contribution in [1.82, 2.24) is 20.2 Å². The van der Waals surface area contributed by atoms with E-state index < -0.39 is 0 Å². The smallest absolute Gasteiger partial charge is 0.151 e. The third-order valence-corrected chi connectivity index (χ3v) is 2.06. The second-order valence-corrected chi connectivity index (χ2v) is 3.16. The van der Waals surface area contributed by atoms with E-state index in [1.807, 2.05) is 4.68 Å². The Morgan fingerprint density at radius 2 is 2.33 bits per heavy atom. The summed E-state index contributed by atoms with van der Waals surface area (Å²) in [4.78, 5) is 0. The molecule has 66 valence electrons. The predicted molar refractivity (Wildman–Crippen MR) is 43.5 cm³/mol. The molecule has 1 aromatic heterocycles. The molecule has 1 saturated carbocycles. The lowest BCUT2D eigenvalue weighted by molar-refractivity contribution is 0.575. The van der Waals surface area contributed by atoms with E-state index in [0.29, 0.717) is 12.6 Å². The molecule has 5 nitrogen and oxygen atoms in total. The third kappa shape index (κ3) is 1.45. The molecule has 0 atom stereocenters. The molecule has 0 aliphatic heterocycles. The van der Waals surface area contributed by atoms with Crippen molar-refractivity contribution in [1.29, 1.82) is 0 Å². The van der Waals surface area contributed by atoms with Crippen molar-refractivity contribution in [2.75, 3.05) is 6.54 Å². The van der Waals surface area contributed by atoms with Gasteiger partial charge in [0, 0.05) is 6.42 Å². The highest BCUT2D eigenvalue weighted by molar-refractivity contribution is 4.90. The van der Waals surface area contributed by atoms with Crippen LogP contribution in [-0.2, 0) is 6.42 Å². The Labute approximate surface area is 70.9 Å². The zero-order valence-corrected chi connectivity index (χ0v) is 6.98. The first-order chi connectivity index (χ1) is 5.92. The first-order valence-electron chi connectivity index (χ1n) is 4.38. The van der Waals surface area contributed by atoms with Crippen LogP contribution in [0.1, 0.15) is 31.1 Å². The van der Waals surface area contributed by atoms with E-state index in [-0.39, 0.29) is 0 Å². The van der Waals surface area contributed by atoms with Crippen LogP contribution in [0.4, 0.5) is 0 Å². The van der Waals surface area contributed by atoms with Crippen molar-refractivity contribution in [2.45, 2.75) is 31.7 Å². The summed E-state index contributed by atoms with van der Waals surface area (Å²) in [6.07, 6.45) is 4.31. The van der Waals surface area contributed by atoms with E-state index in [9.17, 15) is 0 Å². The summed E-state index contributed by atoms with van der Waals surface area (Å²) < 4.78 is 1.94. The number of rotatable bonds is 4. The first kappa shape index (κ1) is 7.67. The van der Waals surface area contributed by atoms with Crippen molar-refractivity contribution in [3.8, 4) is 0 Å². The zero-order chi connectivity index (χ0) is 8.39. The van der Waals surface area contributed by atoms with Gasteiger partial charge >= 0.3 is 0 Å². The van der Waals surface area contributed by atoms with Gasteiger partial charge in [-0.25, -0.2) is 4.68 Å². The third-order valence-electron chi connectivity index (χ3n) is 2.06. The lowest BCUT2D eigenvalue weighted by Gasteiger charge is -1.99. The largest absolute Gasteiger partial charge is 0.330 e. The zero-order valence-electron chi connectivity index (χ0n) is 6.98. The van der Waals surface area contributed by atoms with E-state index in [1.54, 1.807) is 0 Å². The van der Waals surface area contributed by atoms with Crippen molar-refractivity contribution in [3.05, 3.63) is 5.82 Å². The fraction of sp³-hybridized carbons (Fsp3) is 0.857. The Morgan fingerprint density at radius 3 is 3.00 bits per heavy atom. The number of hydrogen-bond donors (Lipinski definition) is 1. The molecule has 0 saturated heterocycles. The van der Waals surface area contributed by atoms with Gasteiger partial charge in [-0.2, -0.15) is 0 Å². The molecule has 2 rings (SSSR count). The first-order valence-corrected chi connectivity index (χ1v) is 4.38. The van der Waals surface area contributed by atoms with Crippen LogP contribution < -0.4 is 5.73 Å². The molecule has 1 aromatic rings. The summed E-state index contributed by atoms with van der Waals surface area (Å²) >= 11 is 0. The number of nitrogens with two attached hydrogens (primary N) is 1. The highest BCUT2D eigenvalue weighted by Gasteiger charge is 2.27. The molecular formula is C7H13N5.